The molecule has 0 amide bonds. The maximum atomic E-state index is 11.0. The number of hydrogen-bond acceptors (Lipinski definition) is 3. The van der Waals surface area contributed by atoms with E-state index in [4.69, 9.17) is 5.11 Å². The van der Waals surface area contributed by atoms with Gasteiger partial charge in [-0.25, -0.2) is 0 Å². The standard InChI is InChI=1S/C23H40O4/c1-14(5-8-21(26)27)16-6-7-18-15-13-20(25)19(24)10-11-22(2,3)17(15)9-12-23(16,18)4/h14-20,24-25H,5-13H2,1-4H3,(H,26,27)/t14-,15-,16-,17+,18+,19-,20?,23-/m1/s1. The maximum absolute atomic E-state index is 11.0. The average molecular weight is 381 g/mol. The van der Waals surface area contributed by atoms with Gasteiger partial charge in [-0.15, -0.1) is 0 Å². The molecule has 8 atom stereocenters. The summed E-state index contributed by atoms with van der Waals surface area (Å²) >= 11 is 0. The van der Waals surface area contributed by atoms with Crippen molar-refractivity contribution in [2.45, 2.75) is 97.7 Å². The fourth-order valence-electron chi connectivity index (χ4n) is 7.45. The molecular weight excluding hydrogens is 340 g/mol. The lowest BCUT2D eigenvalue weighted by molar-refractivity contribution is -0.137. The van der Waals surface area contributed by atoms with E-state index in [0.29, 0.717) is 36.0 Å². The first-order valence-electron chi connectivity index (χ1n) is 11.1. The Morgan fingerprint density at radius 2 is 1.70 bits per heavy atom. The number of aliphatic hydroxyl groups excluding tert-OH is 2. The minimum atomic E-state index is -0.691. The van der Waals surface area contributed by atoms with Gasteiger partial charge in [-0.2, -0.15) is 0 Å². The van der Waals surface area contributed by atoms with E-state index < -0.39 is 18.2 Å². The quantitative estimate of drug-likeness (QED) is 0.672. The molecule has 0 aromatic rings. The van der Waals surface area contributed by atoms with Crippen LogP contribution in [0.25, 0.3) is 0 Å². The molecule has 156 valence electrons. The highest BCUT2D eigenvalue weighted by atomic mass is 16.4. The lowest BCUT2D eigenvalue weighted by Gasteiger charge is -2.55. The summed E-state index contributed by atoms with van der Waals surface area (Å²) in [5.41, 5.74) is 0.458. The fourth-order valence-corrected chi connectivity index (χ4v) is 7.45. The molecule has 3 aliphatic rings. The van der Waals surface area contributed by atoms with Crippen LogP contribution in [0.5, 0.6) is 0 Å². The monoisotopic (exact) mass is 380 g/mol. The molecule has 3 aliphatic carbocycles. The largest absolute Gasteiger partial charge is 0.481 e. The third-order valence-electron chi connectivity index (χ3n) is 9.06. The molecule has 0 bridgehead atoms. The van der Waals surface area contributed by atoms with Gasteiger partial charge in [0.1, 0.15) is 0 Å². The highest BCUT2D eigenvalue weighted by Gasteiger charge is 2.57. The molecule has 3 fully saturated rings. The van der Waals surface area contributed by atoms with Crippen molar-refractivity contribution in [2.24, 2.45) is 40.4 Å². The Morgan fingerprint density at radius 3 is 2.37 bits per heavy atom. The minimum Gasteiger partial charge on any atom is -0.481 e. The first kappa shape index (κ1) is 21.1. The molecule has 0 radical (unpaired) electrons. The van der Waals surface area contributed by atoms with Crippen molar-refractivity contribution in [3.05, 3.63) is 0 Å². The van der Waals surface area contributed by atoms with Crippen LogP contribution < -0.4 is 0 Å². The van der Waals surface area contributed by atoms with E-state index in [1.165, 1.54) is 25.7 Å². The normalized spacial score (nSPS) is 45.3. The van der Waals surface area contributed by atoms with Gasteiger partial charge in [0.2, 0.25) is 0 Å². The van der Waals surface area contributed by atoms with Crippen molar-refractivity contribution < 1.29 is 20.1 Å². The molecule has 0 spiro atoms. The Labute approximate surface area is 164 Å². The molecule has 3 rings (SSSR count). The van der Waals surface area contributed by atoms with Crippen LogP contribution in [0, 0.1) is 40.4 Å². The van der Waals surface area contributed by atoms with Gasteiger partial charge in [0.05, 0.1) is 12.2 Å². The van der Waals surface area contributed by atoms with Crippen LogP contribution in [-0.4, -0.2) is 33.5 Å². The summed E-state index contributed by atoms with van der Waals surface area (Å²) in [6.07, 6.45) is 7.06. The molecular formula is C23H40O4. The van der Waals surface area contributed by atoms with Gasteiger partial charge in [-0.1, -0.05) is 27.7 Å². The summed E-state index contributed by atoms with van der Waals surface area (Å²) in [5, 5.41) is 30.0. The molecule has 1 unspecified atom stereocenters. The van der Waals surface area contributed by atoms with Crippen LogP contribution in [0.1, 0.15) is 85.5 Å². The number of rotatable bonds is 4. The van der Waals surface area contributed by atoms with Gasteiger partial charge in [0.25, 0.3) is 0 Å². The number of carbonyl (C=O) groups is 1. The number of carboxylic acids is 1. The molecule has 4 nitrogen and oxygen atoms in total. The van der Waals surface area contributed by atoms with Crippen molar-refractivity contribution in [1.29, 1.82) is 0 Å². The summed E-state index contributed by atoms with van der Waals surface area (Å²) in [6, 6.07) is 0. The Kier molecular flexibility index (Phi) is 5.99. The smallest absolute Gasteiger partial charge is 0.303 e. The van der Waals surface area contributed by atoms with Gasteiger partial charge in [-0.05, 0) is 91.8 Å². The first-order chi connectivity index (χ1) is 12.6. The van der Waals surface area contributed by atoms with E-state index in [2.05, 4.69) is 27.7 Å². The molecule has 0 saturated heterocycles. The highest BCUT2D eigenvalue weighted by Crippen LogP contribution is 2.64. The van der Waals surface area contributed by atoms with Crippen molar-refractivity contribution in [2.75, 3.05) is 0 Å². The number of aliphatic carboxylic acids is 1. The van der Waals surface area contributed by atoms with Crippen molar-refractivity contribution in [1.82, 2.24) is 0 Å². The molecule has 27 heavy (non-hydrogen) atoms. The maximum Gasteiger partial charge on any atom is 0.303 e. The van der Waals surface area contributed by atoms with Gasteiger partial charge < -0.3 is 15.3 Å². The Morgan fingerprint density at radius 1 is 1.00 bits per heavy atom. The zero-order valence-electron chi connectivity index (χ0n) is 17.7. The third-order valence-corrected chi connectivity index (χ3v) is 9.06. The molecule has 3 saturated carbocycles. The lowest BCUT2D eigenvalue weighted by atomic mass is 9.50. The number of carboxylic acid groups (broad SMARTS) is 1. The highest BCUT2D eigenvalue weighted by molar-refractivity contribution is 5.66. The van der Waals surface area contributed by atoms with Crippen LogP contribution >= 0.6 is 0 Å². The summed E-state index contributed by atoms with van der Waals surface area (Å²) < 4.78 is 0. The first-order valence-corrected chi connectivity index (χ1v) is 11.1. The van der Waals surface area contributed by atoms with Crippen LogP contribution in [0.4, 0.5) is 0 Å². The average Bonchev–Trinajstić information content (AvgIpc) is 2.94. The van der Waals surface area contributed by atoms with Gasteiger partial charge in [0, 0.05) is 6.42 Å². The third kappa shape index (κ3) is 3.94. The second kappa shape index (κ2) is 7.67. The van der Waals surface area contributed by atoms with E-state index >= 15 is 0 Å². The van der Waals surface area contributed by atoms with Crippen molar-refractivity contribution in [3.63, 3.8) is 0 Å². The molecule has 0 aromatic carbocycles. The van der Waals surface area contributed by atoms with Crippen LogP contribution in [0.15, 0.2) is 0 Å². The Hall–Kier alpha value is -0.610. The van der Waals surface area contributed by atoms with Gasteiger partial charge >= 0.3 is 5.97 Å². The van der Waals surface area contributed by atoms with E-state index in [-0.39, 0.29) is 17.3 Å². The molecule has 0 aromatic heterocycles. The van der Waals surface area contributed by atoms with Crippen LogP contribution in [-0.2, 0) is 4.79 Å². The summed E-state index contributed by atoms with van der Waals surface area (Å²) in [5.74, 6) is 2.01. The second-order valence-corrected chi connectivity index (χ2v) is 10.9. The van der Waals surface area contributed by atoms with Crippen molar-refractivity contribution in [3.8, 4) is 0 Å². The van der Waals surface area contributed by atoms with Gasteiger partial charge in [-0.3, -0.25) is 4.79 Å². The zero-order chi connectivity index (χ0) is 20.0. The summed E-state index contributed by atoms with van der Waals surface area (Å²) in [6.45, 7) is 9.41. The minimum absolute atomic E-state index is 0.208. The van der Waals surface area contributed by atoms with E-state index in [1.807, 2.05) is 0 Å². The molecule has 0 aliphatic heterocycles. The van der Waals surface area contributed by atoms with Crippen LogP contribution in [0.3, 0.4) is 0 Å². The molecule has 4 heteroatoms. The van der Waals surface area contributed by atoms with Crippen molar-refractivity contribution >= 4 is 5.97 Å². The number of aliphatic hydroxyl groups is 2. The number of hydrogen-bond donors (Lipinski definition) is 3. The Bertz CT molecular complexity index is 544. The van der Waals surface area contributed by atoms with Crippen LogP contribution in [0.2, 0.25) is 0 Å². The predicted octanol–water partition coefficient (Wildman–Crippen LogP) is 4.48. The predicted molar refractivity (Wildman–Crippen MR) is 106 cm³/mol. The molecule has 0 heterocycles. The number of fused-ring (bicyclic) bond motifs is 3. The van der Waals surface area contributed by atoms with E-state index in [1.54, 1.807) is 0 Å². The topological polar surface area (TPSA) is 77.8 Å². The van der Waals surface area contributed by atoms with E-state index in [9.17, 15) is 15.0 Å². The fraction of sp³-hybridized carbons (Fsp3) is 0.957. The summed E-state index contributed by atoms with van der Waals surface area (Å²) in [4.78, 5) is 11.0. The summed E-state index contributed by atoms with van der Waals surface area (Å²) in [7, 11) is 0. The molecule has 3 N–H and O–H groups in total. The Balaban J connectivity index is 1.82. The second-order valence-electron chi connectivity index (χ2n) is 10.9. The SMILES string of the molecule is C[C@H](CCC(=O)O)[C@H]1CC[C@H]2[C@@H]3CC(O)[C@H](O)CCC(C)(C)[C@H]3CC[C@]12C. The van der Waals surface area contributed by atoms with Gasteiger partial charge in [0.15, 0.2) is 0 Å². The van der Waals surface area contributed by atoms with E-state index in [0.717, 1.165) is 19.3 Å². The lowest BCUT2D eigenvalue weighted by Crippen LogP contribution is -2.50. The zero-order valence-corrected chi connectivity index (χ0v) is 17.7.